The topological polar surface area (TPSA) is 149 Å². The molecule has 0 spiro atoms. The third-order valence-corrected chi connectivity index (χ3v) is 9.34. The van der Waals surface area contributed by atoms with Crippen LogP contribution in [0.5, 0.6) is 23.0 Å². The highest BCUT2D eigenvalue weighted by Crippen LogP contribution is 2.25. The summed E-state index contributed by atoms with van der Waals surface area (Å²) >= 11 is 0. The molecule has 0 aliphatic heterocycles. The number of hydrogen-bond acceptors (Lipinski definition) is 8. The van der Waals surface area contributed by atoms with Gasteiger partial charge in [-0.05, 0) is 102 Å². The van der Waals surface area contributed by atoms with E-state index in [4.69, 9.17) is 20.4 Å². The Bertz CT molecular complexity index is 1540. The molecule has 0 bridgehead atoms. The summed E-state index contributed by atoms with van der Waals surface area (Å²) < 4.78 is 48.4. The number of hydrogen-bond donors (Lipinski definition) is 4. The van der Waals surface area contributed by atoms with Crippen LogP contribution in [0.1, 0.15) is 0 Å². The Morgan fingerprint density at radius 1 is 0.366 bits per heavy atom. The molecule has 0 heterocycles. The zero-order valence-corrected chi connectivity index (χ0v) is 24.2. The Balaban J connectivity index is 0.000000183. The van der Waals surface area contributed by atoms with Crippen molar-refractivity contribution < 1.29 is 37.3 Å². The highest BCUT2D eigenvalue weighted by atomic mass is 32.2. The van der Waals surface area contributed by atoms with E-state index in [0.717, 1.165) is 0 Å². The summed E-state index contributed by atoms with van der Waals surface area (Å²) in [5.74, 6) is 0.0358. The number of phenolic OH excluding ortho intramolecular Hbond substituents is 4. The fourth-order valence-corrected chi connectivity index (χ4v) is 5.97. The van der Waals surface area contributed by atoms with Crippen molar-refractivity contribution in [1.82, 2.24) is 0 Å². The van der Waals surface area contributed by atoms with Crippen molar-refractivity contribution in [1.29, 1.82) is 0 Å². The van der Waals surface area contributed by atoms with Crippen LogP contribution in [0, 0.1) is 0 Å². The number of aromatic hydroxyl groups is 4. The molecule has 1 unspecified atom stereocenters. The minimum absolute atomic E-state index is 0.00894. The molecule has 0 amide bonds. The number of sulfone groups is 2. The van der Waals surface area contributed by atoms with Crippen LogP contribution >= 0.6 is 9.24 Å². The maximum absolute atomic E-state index is 12.1. The van der Waals surface area contributed by atoms with Crippen molar-refractivity contribution >= 4 is 34.2 Å². The first-order chi connectivity index (χ1) is 19.4. The van der Waals surface area contributed by atoms with Gasteiger partial charge in [-0.3, -0.25) is 0 Å². The molecule has 212 valence electrons. The van der Waals surface area contributed by atoms with Crippen LogP contribution in [0.3, 0.4) is 0 Å². The van der Waals surface area contributed by atoms with Crippen molar-refractivity contribution in [3.8, 4) is 23.0 Å². The van der Waals surface area contributed by atoms with Gasteiger partial charge in [0, 0.05) is 0 Å². The SMILES string of the molecule is O=S(=O)(c1ccc(O)cc1)c1ccc(O)cc1.O=S(=O)(c1ccc(O)cc1)c1ccc(O)cc1.Pc1ccccc1. The molecule has 8 nitrogen and oxygen atoms in total. The van der Waals surface area contributed by atoms with E-state index in [2.05, 4.69) is 9.24 Å². The van der Waals surface area contributed by atoms with Crippen LogP contribution in [0.2, 0.25) is 0 Å². The minimum atomic E-state index is -3.59. The standard InChI is InChI=1S/2C12H10O4S.C6H7P/c2*13-9-1-5-11(6-2-9)17(15,16)12-7-3-10(14)4-8-12;7-6-4-2-1-3-5-6/h2*1-8,13-14H;1-5H,7H2. The van der Waals surface area contributed by atoms with Gasteiger partial charge in [-0.1, -0.05) is 30.3 Å². The van der Waals surface area contributed by atoms with E-state index >= 15 is 0 Å². The Morgan fingerprint density at radius 3 is 0.756 bits per heavy atom. The van der Waals surface area contributed by atoms with Crippen LogP contribution in [0.15, 0.2) is 147 Å². The summed E-state index contributed by atoms with van der Waals surface area (Å²) in [6, 6.07) is 31.3. The lowest BCUT2D eigenvalue weighted by Gasteiger charge is -2.04. The van der Waals surface area contributed by atoms with E-state index in [0.29, 0.717) is 0 Å². The minimum Gasteiger partial charge on any atom is -0.508 e. The number of benzene rings is 5. The third-order valence-electron chi connectivity index (χ3n) is 5.39. The predicted octanol–water partition coefficient (Wildman–Crippen LogP) is 5.05. The average molecular weight is 611 g/mol. The molecule has 5 aromatic rings. The van der Waals surface area contributed by atoms with Crippen LogP contribution in [-0.4, -0.2) is 37.3 Å². The highest BCUT2D eigenvalue weighted by Gasteiger charge is 2.18. The normalized spacial score (nSPS) is 10.9. The highest BCUT2D eigenvalue weighted by molar-refractivity contribution is 7.91. The van der Waals surface area contributed by atoms with E-state index in [-0.39, 0.29) is 42.6 Å². The molecule has 4 N–H and O–H groups in total. The van der Waals surface area contributed by atoms with Crippen molar-refractivity contribution in [3.05, 3.63) is 127 Å². The lowest BCUT2D eigenvalue weighted by atomic mass is 10.3. The van der Waals surface area contributed by atoms with Crippen molar-refractivity contribution in [2.45, 2.75) is 19.6 Å². The molecule has 0 radical (unpaired) electrons. The van der Waals surface area contributed by atoms with Gasteiger partial charge in [0.05, 0.1) is 19.6 Å². The van der Waals surface area contributed by atoms with Gasteiger partial charge in [-0.15, -0.1) is 9.24 Å². The quantitative estimate of drug-likeness (QED) is 0.207. The molecule has 41 heavy (non-hydrogen) atoms. The molecule has 0 aromatic heterocycles. The molecule has 1 atom stereocenters. The Kier molecular flexibility index (Phi) is 10.5. The van der Waals surface area contributed by atoms with Gasteiger partial charge in [-0.2, -0.15) is 0 Å². The zero-order valence-electron chi connectivity index (χ0n) is 21.4. The van der Waals surface area contributed by atoms with Crippen molar-refractivity contribution in [2.75, 3.05) is 0 Å². The maximum atomic E-state index is 12.1. The van der Waals surface area contributed by atoms with Crippen LogP contribution in [0.25, 0.3) is 0 Å². The van der Waals surface area contributed by atoms with Crippen LogP contribution < -0.4 is 5.30 Å². The molecule has 5 aromatic carbocycles. The molecule has 11 heteroatoms. The Labute approximate surface area is 240 Å². The number of rotatable bonds is 4. The monoisotopic (exact) mass is 610 g/mol. The van der Waals surface area contributed by atoms with Crippen LogP contribution in [-0.2, 0) is 19.7 Å². The maximum Gasteiger partial charge on any atom is 0.206 e. The summed E-state index contributed by atoms with van der Waals surface area (Å²) in [5, 5.41) is 37.6. The van der Waals surface area contributed by atoms with Gasteiger partial charge < -0.3 is 20.4 Å². The first-order valence-corrected chi connectivity index (χ1v) is 15.4. The van der Waals surface area contributed by atoms with Crippen molar-refractivity contribution in [3.63, 3.8) is 0 Å². The van der Waals surface area contributed by atoms with E-state index in [9.17, 15) is 16.8 Å². The second-order valence-electron chi connectivity index (χ2n) is 8.39. The van der Waals surface area contributed by atoms with Gasteiger partial charge in [-0.25, -0.2) is 16.8 Å². The largest absolute Gasteiger partial charge is 0.508 e. The lowest BCUT2D eigenvalue weighted by Crippen LogP contribution is -2.01. The average Bonchev–Trinajstić information content (AvgIpc) is 2.95. The molecule has 0 aliphatic carbocycles. The fourth-order valence-electron chi connectivity index (χ4n) is 3.23. The molecule has 0 aliphatic rings. The van der Waals surface area contributed by atoms with Gasteiger partial charge >= 0.3 is 0 Å². The number of phenols is 4. The fraction of sp³-hybridized carbons (Fsp3) is 0. The molecular weight excluding hydrogens is 583 g/mol. The first kappa shape index (κ1) is 31.2. The first-order valence-electron chi connectivity index (χ1n) is 11.9. The van der Waals surface area contributed by atoms with E-state index in [1.54, 1.807) is 0 Å². The predicted molar refractivity (Wildman–Crippen MR) is 159 cm³/mol. The molecule has 0 saturated carbocycles. The summed E-state index contributed by atoms with van der Waals surface area (Å²) in [4.78, 5) is 0.393. The summed E-state index contributed by atoms with van der Waals surface area (Å²) in [5.41, 5.74) is 0. The summed E-state index contributed by atoms with van der Waals surface area (Å²) in [7, 11) is -4.56. The molecule has 0 fully saturated rings. The van der Waals surface area contributed by atoms with Gasteiger partial charge in [0.1, 0.15) is 23.0 Å². The smallest absolute Gasteiger partial charge is 0.206 e. The van der Waals surface area contributed by atoms with Gasteiger partial charge in [0.2, 0.25) is 19.7 Å². The zero-order chi connectivity index (χ0) is 30.0. The van der Waals surface area contributed by atoms with E-state index < -0.39 is 19.7 Å². The third kappa shape index (κ3) is 8.81. The molecular formula is C30H27O8PS2. The second-order valence-corrected chi connectivity index (χ2v) is 13.0. The van der Waals surface area contributed by atoms with Gasteiger partial charge in [0.15, 0.2) is 0 Å². The Hall–Kier alpha value is -4.37. The lowest BCUT2D eigenvalue weighted by molar-refractivity contribution is 0.474. The Morgan fingerprint density at radius 2 is 0.585 bits per heavy atom. The molecule has 5 rings (SSSR count). The summed E-state index contributed by atoms with van der Waals surface area (Å²) in [6.07, 6.45) is 0. The van der Waals surface area contributed by atoms with Crippen molar-refractivity contribution in [2.24, 2.45) is 0 Å². The second kappa shape index (κ2) is 13.8. The molecule has 0 saturated heterocycles. The van der Waals surface area contributed by atoms with Crippen LogP contribution in [0.4, 0.5) is 0 Å². The van der Waals surface area contributed by atoms with Gasteiger partial charge in [0.25, 0.3) is 0 Å². The van der Waals surface area contributed by atoms with E-state index in [1.165, 1.54) is 102 Å². The summed E-state index contributed by atoms with van der Waals surface area (Å²) in [6.45, 7) is 0. The van der Waals surface area contributed by atoms with E-state index in [1.807, 2.05) is 30.3 Å².